The van der Waals surface area contributed by atoms with Crippen LogP contribution in [-0.2, 0) is 0 Å². The largest absolute Gasteiger partial charge is 0.340 e. The molecule has 134 valence electrons. The number of nitrogens with zero attached hydrogens (tertiary/aromatic N) is 3. The van der Waals surface area contributed by atoms with Gasteiger partial charge in [0.15, 0.2) is 0 Å². The number of aromatic nitrogens is 3. The van der Waals surface area contributed by atoms with Gasteiger partial charge in [0.2, 0.25) is 5.95 Å². The van der Waals surface area contributed by atoms with Crippen LogP contribution in [0.4, 0.5) is 23.1 Å². The maximum Gasteiger partial charge on any atom is 0.229 e. The summed E-state index contributed by atoms with van der Waals surface area (Å²) >= 11 is 0. The molecule has 5 nitrogen and oxygen atoms in total. The van der Waals surface area contributed by atoms with Gasteiger partial charge in [-0.15, -0.1) is 0 Å². The Morgan fingerprint density at radius 1 is 0.778 bits per heavy atom. The second-order valence-corrected chi connectivity index (χ2v) is 6.70. The first-order chi connectivity index (χ1) is 13.1. The Hall–Kier alpha value is -3.47. The van der Waals surface area contributed by atoms with Gasteiger partial charge in [-0.05, 0) is 62.2 Å². The van der Waals surface area contributed by atoms with Crippen LogP contribution in [0, 0.1) is 20.8 Å². The van der Waals surface area contributed by atoms with Crippen molar-refractivity contribution in [2.24, 2.45) is 0 Å². The molecule has 2 aromatic carbocycles. The highest BCUT2D eigenvalue weighted by Crippen LogP contribution is 2.26. The summed E-state index contributed by atoms with van der Waals surface area (Å²) in [6, 6.07) is 16.2. The molecule has 0 aliphatic rings. The minimum Gasteiger partial charge on any atom is -0.340 e. The molecule has 2 N–H and O–H groups in total. The molecule has 2 aromatic heterocycles. The smallest absolute Gasteiger partial charge is 0.229 e. The topological polar surface area (TPSA) is 62.7 Å². The van der Waals surface area contributed by atoms with Crippen molar-refractivity contribution in [3.63, 3.8) is 0 Å². The SMILES string of the molecule is Cc1cc(C)c(Nc2ccnc(Nc3ccc4ncccc4c3)n2)c(C)c1. The van der Waals surface area contributed by atoms with Crippen molar-refractivity contribution >= 4 is 34.0 Å². The van der Waals surface area contributed by atoms with E-state index in [0.717, 1.165) is 28.1 Å². The van der Waals surface area contributed by atoms with Crippen molar-refractivity contribution in [2.45, 2.75) is 20.8 Å². The number of rotatable bonds is 4. The number of nitrogens with one attached hydrogen (secondary N) is 2. The molecule has 0 unspecified atom stereocenters. The Morgan fingerprint density at radius 2 is 1.59 bits per heavy atom. The van der Waals surface area contributed by atoms with Gasteiger partial charge in [-0.1, -0.05) is 23.8 Å². The predicted octanol–water partition coefficient (Wildman–Crippen LogP) is 5.44. The van der Waals surface area contributed by atoms with Crippen molar-refractivity contribution in [3.05, 3.63) is 77.6 Å². The summed E-state index contributed by atoms with van der Waals surface area (Å²) in [7, 11) is 0. The molecule has 0 aliphatic carbocycles. The van der Waals surface area contributed by atoms with E-state index in [9.17, 15) is 0 Å². The maximum atomic E-state index is 4.60. The molecule has 0 saturated carbocycles. The number of aryl methyl sites for hydroxylation is 3. The standard InChI is InChI=1S/C22H21N5/c1-14-11-15(2)21(16(3)12-14)26-20-8-10-24-22(27-20)25-18-6-7-19-17(13-18)5-4-9-23-19/h4-13H,1-3H3,(H2,24,25,26,27). The lowest BCUT2D eigenvalue weighted by atomic mass is 10.1. The molecular formula is C22H21N5. The number of anilines is 4. The zero-order valence-electron chi connectivity index (χ0n) is 15.6. The second kappa shape index (κ2) is 7.03. The molecule has 0 spiro atoms. The van der Waals surface area contributed by atoms with Crippen molar-refractivity contribution < 1.29 is 0 Å². The summed E-state index contributed by atoms with van der Waals surface area (Å²) in [5.41, 5.74) is 6.62. The van der Waals surface area contributed by atoms with E-state index in [2.05, 4.69) is 58.5 Å². The van der Waals surface area contributed by atoms with Gasteiger partial charge in [0.1, 0.15) is 5.82 Å². The summed E-state index contributed by atoms with van der Waals surface area (Å²) in [6.45, 7) is 6.31. The molecular weight excluding hydrogens is 334 g/mol. The van der Waals surface area contributed by atoms with Crippen LogP contribution >= 0.6 is 0 Å². The van der Waals surface area contributed by atoms with Gasteiger partial charge in [0.25, 0.3) is 0 Å². The first-order valence-electron chi connectivity index (χ1n) is 8.88. The predicted molar refractivity (Wildman–Crippen MR) is 111 cm³/mol. The normalized spacial score (nSPS) is 10.8. The Bertz CT molecular complexity index is 1100. The first kappa shape index (κ1) is 17.0. The van der Waals surface area contributed by atoms with Crippen molar-refractivity contribution in [3.8, 4) is 0 Å². The lowest BCUT2D eigenvalue weighted by Gasteiger charge is -2.14. The molecule has 0 radical (unpaired) electrons. The van der Waals surface area contributed by atoms with Crippen LogP contribution in [0.25, 0.3) is 10.9 Å². The van der Waals surface area contributed by atoms with Crippen LogP contribution in [0.15, 0.2) is 60.9 Å². The molecule has 0 bridgehead atoms. The number of hydrogen-bond donors (Lipinski definition) is 2. The van der Waals surface area contributed by atoms with Gasteiger partial charge in [-0.2, -0.15) is 4.98 Å². The van der Waals surface area contributed by atoms with Crippen LogP contribution in [0.1, 0.15) is 16.7 Å². The monoisotopic (exact) mass is 355 g/mol. The lowest BCUT2D eigenvalue weighted by Crippen LogP contribution is -2.02. The van der Waals surface area contributed by atoms with Crippen molar-refractivity contribution in [1.82, 2.24) is 15.0 Å². The van der Waals surface area contributed by atoms with E-state index in [1.807, 2.05) is 36.4 Å². The van der Waals surface area contributed by atoms with Gasteiger partial charge in [0, 0.05) is 29.2 Å². The van der Waals surface area contributed by atoms with E-state index in [-0.39, 0.29) is 0 Å². The van der Waals surface area contributed by atoms with Gasteiger partial charge < -0.3 is 10.6 Å². The average molecular weight is 355 g/mol. The minimum atomic E-state index is 0.547. The number of benzene rings is 2. The lowest BCUT2D eigenvalue weighted by molar-refractivity contribution is 1.16. The number of fused-ring (bicyclic) bond motifs is 1. The molecule has 0 aliphatic heterocycles. The third-order valence-electron chi connectivity index (χ3n) is 4.44. The number of pyridine rings is 1. The van der Waals surface area contributed by atoms with Crippen LogP contribution in [0.5, 0.6) is 0 Å². The quantitative estimate of drug-likeness (QED) is 0.510. The summed E-state index contributed by atoms with van der Waals surface area (Å²) < 4.78 is 0. The zero-order chi connectivity index (χ0) is 18.8. The molecule has 0 saturated heterocycles. The molecule has 4 rings (SSSR count). The molecule has 27 heavy (non-hydrogen) atoms. The highest BCUT2D eigenvalue weighted by Gasteiger charge is 2.07. The fourth-order valence-electron chi connectivity index (χ4n) is 3.28. The third-order valence-corrected chi connectivity index (χ3v) is 4.44. The highest BCUT2D eigenvalue weighted by atomic mass is 15.1. The van der Waals surface area contributed by atoms with E-state index in [1.54, 1.807) is 12.4 Å². The van der Waals surface area contributed by atoms with Gasteiger partial charge >= 0.3 is 0 Å². The van der Waals surface area contributed by atoms with Crippen LogP contribution < -0.4 is 10.6 Å². The first-order valence-corrected chi connectivity index (χ1v) is 8.88. The van der Waals surface area contributed by atoms with E-state index < -0.39 is 0 Å². The minimum absolute atomic E-state index is 0.547. The summed E-state index contributed by atoms with van der Waals surface area (Å²) in [6.07, 6.45) is 3.54. The Labute approximate surface area is 158 Å². The molecule has 0 fully saturated rings. The van der Waals surface area contributed by atoms with Gasteiger partial charge in [-0.3, -0.25) is 4.98 Å². The fourth-order valence-corrected chi connectivity index (χ4v) is 3.28. The zero-order valence-corrected chi connectivity index (χ0v) is 15.6. The fraction of sp³-hybridized carbons (Fsp3) is 0.136. The van der Waals surface area contributed by atoms with E-state index in [1.165, 1.54) is 16.7 Å². The van der Waals surface area contributed by atoms with Crippen LogP contribution in [0.3, 0.4) is 0 Å². The van der Waals surface area contributed by atoms with Crippen molar-refractivity contribution in [2.75, 3.05) is 10.6 Å². The molecule has 5 heteroatoms. The highest BCUT2D eigenvalue weighted by molar-refractivity contribution is 5.82. The average Bonchev–Trinajstić information content (AvgIpc) is 2.65. The molecule has 0 amide bonds. The molecule has 4 aromatic rings. The third kappa shape index (κ3) is 3.72. The Balaban J connectivity index is 1.59. The maximum absolute atomic E-state index is 4.60. The van der Waals surface area contributed by atoms with E-state index in [4.69, 9.17) is 0 Å². The Kier molecular flexibility index (Phi) is 4.42. The summed E-state index contributed by atoms with van der Waals surface area (Å²) in [4.78, 5) is 13.3. The second-order valence-electron chi connectivity index (χ2n) is 6.70. The molecule has 2 heterocycles. The van der Waals surface area contributed by atoms with Gasteiger partial charge in [-0.25, -0.2) is 4.98 Å². The van der Waals surface area contributed by atoms with Crippen LogP contribution in [-0.4, -0.2) is 15.0 Å². The summed E-state index contributed by atoms with van der Waals surface area (Å²) in [5, 5.41) is 7.76. The Morgan fingerprint density at radius 3 is 2.41 bits per heavy atom. The summed E-state index contributed by atoms with van der Waals surface area (Å²) in [5.74, 6) is 1.30. The van der Waals surface area contributed by atoms with E-state index >= 15 is 0 Å². The number of hydrogen-bond acceptors (Lipinski definition) is 5. The van der Waals surface area contributed by atoms with Gasteiger partial charge in [0.05, 0.1) is 5.52 Å². The molecule has 0 atom stereocenters. The van der Waals surface area contributed by atoms with Crippen LogP contribution in [0.2, 0.25) is 0 Å². The van der Waals surface area contributed by atoms with E-state index in [0.29, 0.717) is 5.95 Å². The van der Waals surface area contributed by atoms with Crippen molar-refractivity contribution in [1.29, 1.82) is 0 Å².